The number of nitrogens with zero attached hydrogens (tertiary/aromatic N) is 2. The van der Waals surface area contributed by atoms with Gasteiger partial charge in [-0.2, -0.15) is 0 Å². The molecule has 2 rings (SSSR count). The highest BCUT2D eigenvalue weighted by molar-refractivity contribution is 6.21. The Morgan fingerprint density at radius 2 is 1.28 bits per heavy atom. The molecule has 0 spiro atoms. The minimum atomic E-state index is 0.164. The minimum Gasteiger partial charge on any atom is -0.294 e. The van der Waals surface area contributed by atoms with Gasteiger partial charge in [-0.3, -0.25) is 4.79 Å². The molecule has 1 aromatic rings. The van der Waals surface area contributed by atoms with Gasteiger partial charge in [0.05, 0.1) is 5.57 Å². The number of aryl methyl sites for hydroxylation is 1. The number of unbranched alkanes of at least 4 members (excludes halogenated alkanes) is 10. The van der Waals surface area contributed by atoms with Crippen molar-refractivity contribution in [3.8, 4) is 0 Å². The van der Waals surface area contributed by atoms with E-state index in [-0.39, 0.29) is 5.78 Å². The molecule has 0 N–H and O–H groups in total. The molecule has 0 saturated heterocycles. The Hall–Kier alpha value is -1.77. The van der Waals surface area contributed by atoms with Crippen molar-refractivity contribution in [1.82, 2.24) is 9.97 Å². The third-order valence-electron chi connectivity index (χ3n) is 5.79. The molecule has 3 heteroatoms. The third kappa shape index (κ3) is 9.06. The molecule has 3 nitrogen and oxygen atoms in total. The molecule has 0 fully saturated rings. The van der Waals surface area contributed by atoms with Crippen LogP contribution >= 0.6 is 0 Å². The van der Waals surface area contributed by atoms with Crippen molar-refractivity contribution in [2.75, 3.05) is 0 Å². The van der Waals surface area contributed by atoms with Gasteiger partial charge in [-0.05, 0) is 37.3 Å². The Kier molecular flexibility index (Phi) is 11.6. The highest BCUT2D eigenvalue weighted by Gasteiger charge is 2.19. The maximum Gasteiger partial charge on any atom is 0.170 e. The molecular weight excluding hydrogens is 356 g/mol. The summed E-state index contributed by atoms with van der Waals surface area (Å²) in [6, 6.07) is 0. The summed E-state index contributed by atoms with van der Waals surface area (Å²) >= 11 is 0. The second-order valence-electron chi connectivity index (χ2n) is 8.46. The predicted molar refractivity (Wildman–Crippen MR) is 123 cm³/mol. The van der Waals surface area contributed by atoms with E-state index in [0.29, 0.717) is 17.8 Å². The number of carbonyl (C=O) groups excluding carboxylic acids is 1. The van der Waals surface area contributed by atoms with Gasteiger partial charge in [0, 0.05) is 18.8 Å². The molecule has 0 bridgehead atoms. The van der Waals surface area contributed by atoms with Crippen molar-refractivity contribution in [2.24, 2.45) is 0 Å². The highest BCUT2D eigenvalue weighted by atomic mass is 16.1. The van der Waals surface area contributed by atoms with Crippen molar-refractivity contribution in [2.45, 2.75) is 110 Å². The summed E-state index contributed by atoms with van der Waals surface area (Å²) in [5.41, 5.74) is 3.10. The smallest absolute Gasteiger partial charge is 0.170 e. The first kappa shape index (κ1) is 23.5. The first-order chi connectivity index (χ1) is 14.2. The SMILES string of the molecule is CCCCCCCCC1=CC=C(c2ncc(CCCCCCCC)cn2)C(=O)C1. The zero-order chi connectivity index (χ0) is 20.7. The van der Waals surface area contributed by atoms with Gasteiger partial charge in [0.25, 0.3) is 0 Å². The molecule has 0 saturated carbocycles. The molecule has 160 valence electrons. The van der Waals surface area contributed by atoms with E-state index < -0.39 is 0 Å². The number of ketones is 1. The number of carbonyl (C=O) groups is 1. The van der Waals surface area contributed by atoms with E-state index in [2.05, 4.69) is 29.9 Å². The Morgan fingerprint density at radius 3 is 1.86 bits per heavy atom. The summed E-state index contributed by atoms with van der Waals surface area (Å²) in [6.07, 6.45) is 26.0. The molecular formula is C26H40N2O. The van der Waals surface area contributed by atoms with Gasteiger partial charge in [0.1, 0.15) is 0 Å². The highest BCUT2D eigenvalue weighted by Crippen LogP contribution is 2.25. The van der Waals surface area contributed by atoms with E-state index in [0.717, 1.165) is 12.8 Å². The van der Waals surface area contributed by atoms with Crippen LogP contribution in [0.1, 0.15) is 115 Å². The number of aromatic nitrogens is 2. The second-order valence-corrected chi connectivity index (χ2v) is 8.46. The standard InChI is InChI=1S/C26H40N2O/c1-3-5-7-9-11-13-15-22-17-18-24(25(29)19-22)26-27-20-23(21-28-26)16-14-12-10-8-6-4-2/h17-18,20-21H,3-16,19H2,1-2H3. The van der Waals surface area contributed by atoms with Crippen LogP contribution < -0.4 is 0 Å². The summed E-state index contributed by atoms with van der Waals surface area (Å²) in [5.74, 6) is 0.744. The zero-order valence-corrected chi connectivity index (χ0v) is 18.7. The molecule has 0 aliphatic heterocycles. The first-order valence-electron chi connectivity index (χ1n) is 12.0. The Balaban J connectivity index is 1.76. The van der Waals surface area contributed by atoms with Crippen LogP contribution in [0.3, 0.4) is 0 Å². The lowest BCUT2D eigenvalue weighted by Crippen LogP contribution is -2.10. The van der Waals surface area contributed by atoms with Crippen LogP contribution in [0.4, 0.5) is 0 Å². The minimum absolute atomic E-state index is 0.164. The molecule has 1 aliphatic carbocycles. The molecule has 0 unspecified atom stereocenters. The Labute approximate surface area is 178 Å². The fraction of sp³-hybridized carbons (Fsp3) is 0.654. The van der Waals surface area contributed by atoms with Crippen molar-refractivity contribution in [3.05, 3.63) is 41.5 Å². The van der Waals surface area contributed by atoms with Crippen molar-refractivity contribution in [3.63, 3.8) is 0 Å². The van der Waals surface area contributed by atoms with E-state index in [1.165, 1.54) is 88.2 Å². The maximum atomic E-state index is 12.6. The average molecular weight is 397 g/mol. The van der Waals surface area contributed by atoms with E-state index in [1.54, 1.807) is 0 Å². The molecule has 1 aromatic heterocycles. The van der Waals surface area contributed by atoms with Crippen LogP contribution in [-0.4, -0.2) is 15.8 Å². The van der Waals surface area contributed by atoms with E-state index >= 15 is 0 Å². The number of rotatable bonds is 15. The average Bonchev–Trinajstić information content (AvgIpc) is 2.74. The number of Topliss-reactive ketones (excluding diaryl/α,β-unsaturated/α-hetero) is 1. The second kappa shape index (κ2) is 14.3. The zero-order valence-electron chi connectivity index (χ0n) is 18.7. The lowest BCUT2D eigenvalue weighted by Gasteiger charge is -2.13. The molecule has 1 heterocycles. The summed E-state index contributed by atoms with van der Waals surface area (Å²) in [7, 11) is 0. The lowest BCUT2D eigenvalue weighted by molar-refractivity contribution is -0.113. The number of hydrogen-bond donors (Lipinski definition) is 0. The van der Waals surface area contributed by atoms with Crippen LogP contribution in [0, 0.1) is 0 Å². The van der Waals surface area contributed by atoms with E-state index in [4.69, 9.17) is 0 Å². The van der Waals surface area contributed by atoms with Crippen LogP contribution in [0.15, 0.2) is 30.1 Å². The summed E-state index contributed by atoms with van der Waals surface area (Å²) < 4.78 is 0. The molecule has 0 radical (unpaired) electrons. The largest absolute Gasteiger partial charge is 0.294 e. The van der Waals surface area contributed by atoms with Gasteiger partial charge in [0.15, 0.2) is 11.6 Å². The summed E-state index contributed by atoms with van der Waals surface area (Å²) in [5, 5.41) is 0. The molecule has 0 atom stereocenters. The van der Waals surface area contributed by atoms with Gasteiger partial charge in [-0.25, -0.2) is 9.97 Å². The van der Waals surface area contributed by atoms with Crippen LogP contribution in [0.2, 0.25) is 0 Å². The lowest BCUT2D eigenvalue weighted by atomic mass is 9.93. The van der Waals surface area contributed by atoms with Crippen molar-refractivity contribution < 1.29 is 4.79 Å². The fourth-order valence-corrected chi connectivity index (χ4v) is 3.89. The Morgan fingerprint density at radius 1 is 0.724 bits per heavy atom. The van der Waals surface area contributed by atoms with Crippen LogP contribution in [0.5, 0.6) is 0 Å². The monoisotopic (exact) mass is 396 g/mol. The quantitative estimate of drug-likeness (QED) is 0.290. The van der Waals surface area contributed by atoms with Gasteiger partial charge in [-0.15, -0.1) is 0 Å². The molecule has 0 amide bonds. The molecule has 29 heavy (non-hydrogen) atoms. The van der Waals surface area contributed by atoms with E-state index in [9.17, 15) is 4.79 Å². The summed E-state index contributed by atoms with van der Waals surface area (Å²) in [4.78, 5) is 21.5. The maximum absolute atomic E-state index is 12.6. The van der Waals surface area contributed by atoms with Gasteiger partial charge >= 0.3 is 0 Å². The fourth-order valence-electron chi connectivity index (χ4n) is 3.89. The Bertz CT molecular complexity index is 658. The topological polar surface area (TPSA) is 42.9 Å². The summed E-state index contributed by atoms with van der Waals surface area (Å²) in [6.45, 7) is 4.49. The van der Waals surface area contributed by atoms with Gasteiger partial charge in [-0.1, -0.05) is 89.7 Å². The molecule has 0 aromatic carbocycles. The van der Waals surface area contributed by atoms with Crippen LogP contribution in [0.25, 0.3) is 5.57 Å². The normalized spacial score (nSPS) is 14.1. The predicted octanol–water partition coefficient (Wildman–Crippen LogP) is 7.41. The molecule has 1 aliphatic rings. The van der Waals surface area contributed by atoms with Gasteiger partial charge in [0.2, 0.25) is 0 Å². The number of hydrogen-bond acceptors (Lipinski definition) is 3. The number of allylic oxidation sites excluding steroid dienone is 4. The van der Waals surface area contributed by atoms with Crippen LogP contribution in [-0.2, 0) is 11.2 Å². The van der Waals surface area contributed by atoms with E-state index in [1.807, 2.05) is 18.5 Å². The third-order valence-corrected chi connectivity index (χ3v) is 5.79. The van der Waals surface area contributed by atoms with Crippen molar-refractivity contribution >= 4 is 11.4 Å². The van der Waals surface area contributed by atoms with Gasteiger partial charge < -0.3 is 0 Å². The van der Waals surface area contributed by atoms with Crippen molar-refractivity contribution in [1.29, 1.82) is 0 Å². The first-order valence-corrected chi connectivity index (χ1v) is 12.0.